The minimum atomic E-state index is -7.49. The molecule has 0 saturated carbocycles. The predicted octanol–water partition coefficient (Wildman–Crippen LogP) is 5.79. The van der Waals surface area contributed by atoms with Crippen molar-refractivity contribution in [2.75, 3.05) is 7.11 Å². The third-order valence-electron chi connectivity index (χ3n) is 3.82. The number of rotatable bonds is 8. The number of ether oxygens (including phenoxy) is 2. The van der Waals surface area contributed by atoms with Crippen molar-refractivity contribution in [3.8, 4) is 5.75 Å². The van der Waals surface area contributed by atoms with Gasteiger partial charge in [-0.05, 0) is 17.7 Å². The van der Waals surface area contributed by atoms with Crippen LogP contribution in [0.1, 0.15) is 25.0 Å². The van der Waals surface area contributed by atoms with Crippen molar-refractivity contribution >= 4 is 5.97 Å². The SMILES string of the molecule is COC(CC(F)(F)C(F)(F)C(F)(F)C(F)(F)C(F)(F)F)c1cccc(OC(C)=O)c1. The first-order valence-electron chi connectivity index (χ1n) is 7.71. The molecular formula is C16H13F11O3. The fraction of sp³-hybridized carbons (Fsp3) is 0.562. The van der Waals surface area contributed by atoms with E-state index in [-0.39, 0.29) is 5.75 Å². The molecule has 1 unspecified atom stereocenters. The zero-order valence-electron chi connectivity index (χ0n) is 15.0. The van der Waals surface area contributed by atoms with Gasteiger partial charge in [0.05, 0.1) is 6.10 Å². The van der Waals surface area contributed by atoms with Crippen molar-refractivity contribution in [1.82, 2.24) is 0 Å². The Kier molecular flexibility index (Phi) is 7.08. The molecule has 0 aromatic heterocycles. The van der Waals surface area contributed by atoms with Crippen molar-refractivity contribution in [1.29, 1.82) is 0 Å². The summed E-state index contributed by atoms with van der Waals surface area (Å²) in [4.78, 5) is 10.9. The lowest BCUT2D eigenvalue weighted by Gasteiger charge is -2.38. The Morgan fingerprint density at radius 1 is 0.900 bits per heavy atom. The van der Waals surface area contributed by atoms with Gasteiger partial charge >= 0.3 is 35.8 Å². The first-order valence-corrected chi connectivity index (χ1v) is 7.71. The third-order valence-corrected chi connectivity index (χ3v) is 3.82. The van der Waals surface area contributed by atoms with Crippen LogP contribution in [-0.4, -0.2) is 42.9 Å². The van der Waals surface area contributed by atoms with Crippen molar-refractivity contribution < 1.29 is 62.6 Å². The third kappa shape index (κ3) is 4.62. The number of alkyl halides is 11. The molecule has 0 saturated heterocycles. The van der Waals surface area contributed by atoms with E-state index >= 15 is 0 Å². The predicted molar refractivity (Wildman–Crippen MR) is 78.0 cm³/mol. The van der Waals surface area contributed by atoms with E-state index in [1.807, 2.05) is 0 Å². The molecule has 0 aliphatic heterocycles. The Labute approximate surface area is 161 Å². The van der Waals surface area contributed by atoms with E-state index < -0.39 is 53.9 Å². The molecule has 1 aromatic rings. The zero-order valence-corrected chi connectivity index (χ0v) is 15.0. The van der Waals surface area contributed by atoms with Gasteiger partial charge in [0.2, 0.25) is 0 Å². The molecule has 0 spiro atoms. The number of esters is 1. The average molecular weight is 462 g/mol. The van der Waals surface area contributed by atoms with Crippen LogP contribution in [0.3, 0.4) is 0 Å². The molecule has 0 aliphatic rings. The quantitative estimate of drug-likeness (QED) is 0.279. The summed E-state index contributed by atoms with van der Waals surface area (Å²) in [6.07, 6.45) is -11.8. The van der Waals surface area contributed by atoms with Gasteiger partial charge in [0.15, 0.2) is 0 Å². The fourth-order valence-electron chi connectivity index (χ4n) is 2.25. The maximum Gasteiger partial charge on any atom is 0.460 e. The molecule has 0 fully saturated rings. The zero-order chi connectivity index (χ0) is 23.8. The van der Waals surface area contributed by atoms with Crippen LogP contribution in [0.4, 0.5) is 48.3 Å². The van der Waals surface area contributed by atoms with Gasteiger partial charge in [-0.1, -0.05) is 12.1 Å². The van der Waals surface area contributed by atoms with Gasteiger partial charge in [0.1, 0.15) is 5.75 Å². The Morgan fingerprint density at radius 3 is 1.87 bits per heavy atom. The highest BCUT2D eigenvalue weighted by Gasteiger charge is 2.87. The number of carbonyl (C=O) groups is 1. The topological polar surface area (TPSA) is 35.5 Å². The molecule has 1 aromatic carbocycles. The van der Waals surface area contributed by atoms with Crippen LogP contribution in [-0.2, 0) is 9.53 Å². The molecule has 14 heteroatoms. The molecule has 1 atom stereocenters. The van der Waals surface area contributed by atoms with E-state index in [1.54, 1.807) is 0 Å². The second-order valence-electron chi connectivity index (χ2n) is 6.02. The summed E-state index contributed by atoms with van der Waals surface area (Å²) in [6.45, 7) is 0.956. The lowest BCUT2D eigenvalue weighted by atomic mass is 9.92. The Bertz CT molecular complexity index is 759. The highest BCUT2D eigenvalue weighted by molar-refractivity contribution is 5.69. The minimum Gasteiger partial charge on any atom is -0.427 e. The van der Waals surface area contributed by atoms with Crippen LogP contribution in [0, 0.1) is 0 Å². The number of hydrogen-bond donors (Lipinski definition) is 0. The van der Waals surface area contributed by atoms with E-state index in [0.29, 0.717) is 7.11 Å². The maximum atomic E-state index is 14.0. The number of hydrogen-bond acceptors (Lipinski definition) is 3. The van der Waals surface area contributed by atoms with E-state index in [0.717, 1.165) is 31.2 Å². The van der Waals surface area contributed by atoms with Gasteiger partial charge in [0, 0.05) is 20.5 Å². The summed E-state index contributed by atoms with van der Waals surface area (Å²) >= 11 is 0. The first-order chi connectivity index (χ1) is 13.3. The molecular weight excluding hydrogens is 449 g/mol. The normalized spacial score (nSPS) is 15.1. The van der Waals surface area contributed by atoms with Crippen LogP contribution in [0.25, 0.3) is 0 Å². The molecule has 0 heterocycles. The Hall–Kier alpha value is -2.12. The largest absolute Gasteiger partial charge is 0.460 e. The van der Waals surface area contributed by atoms with Crippen LogP contribution in [0.2, 0.25) is 0 Å². The van der Waals surface area contributed by atoms with E-state index in [9.17, 15) is 53.1 Å². The van der Waals surface area contributed by atoms with Crippen LogP contribution >= 0.6 is 0 Å². The van der Waals surface area contributed by atoms with Gasteiger partial charge in [-0.2, -0.15) is 48.3 Å². The van der Waals surface area contributed by atoms with Crippen molar-refractivity contribution in [3.05, 3.63) is 29.8 Å². The van der Waals surface area contributed by atoms with Gasteiger partial charge in [0.25, 0.3) is 0 Å². The second-order valence-corrected chi connectivity index (χ2v) is 6.02. The fourth-order valence-corrected chi connectivity index (χ4v) is 2.25. The number of methoxy groups -OCH3 is 1. The van der Waals surface area contributed by atoms with E-state index in [4.69, 9.17) is 0 Å². The smallest absolute Gasteiger partial charge is 0.427 e. The molecule has 0 N–H and O–H groups in total. The highest BCUT2D eigenvalue weighted by atomic mass is 19.4. The molecule has 1 rings (SSSR count). The average Bonchev–Trinajstić information content (AvgIpc) is 2.57. The number of carbonyl (C=O) groups excluding carboxylic acids is 1. The Morgan fingerprint density at radius 2 is 1.43 bits per heavy atom. The van der Waals surface area contributed by atoms with Crippen LogP contribution in [0.5, 0.6) is 5.75 Å². The summed E-state index contributed by atoms with van der Waals surface area (Å²) < 4.78 is 153. The van der Waals surface area contributed by atoms with Crippen LogP contribution in [0.15, 0.2) is 24.3 Å². The van der Waals surface area contributed by atoms with Gasteiger partial charge < -0.3 is 9.47 Å². The maximum absolute atomic E-state index is 14.0. The number of benzene rings is 1. The standard InChI is InChI=1S/C16H13F11O3/c1-8(28)30-10-5-3-4-9(6-10)11(29-2)7-12(17,18)13(19,20)14(21,22)15(23,24)16(25,26)27/h3-6,11H,7H2,1-2H3. The van der Waals surface area contributed by atoms with E-state index in [2.05, 4.69) is 9.47 Å². The minimum absolute atomic E-state index is 0.286. The Balaban J connectivity index is 3.30. The summed E-state index contributed by atoms with van der Waals surface area (Å²) in [5, 5.41) is 0. The summed E-state index contributed by atoms with van der Waals surface area (Å²) in [7, 11) is 0.667. The molecule has 3 nitrogen and oxygen atoms in total. The number of halogens is 11. The van der Waals surface area contributed by atoms with Crippen LogP contribution < -0.4 is 4.74 Å². The van der Waals surface area contributed by atoms with Gasteiger partial charge in [-0.15, -0.1) is 0 Å². The molecule has 30 heavy (non-hydrogen) atoms. The summed E-state index contributed by atoms with van der Waals surface area (Å²) in [6, 6.07) is 3.98. The van der Waals surface area contributed by atoms with Crippen molar-refractivity contribution in [2.45, 2.75) is 49.3 Å². The highest BCUT2D eigenvalue weighted by Crippen LogP contribution is 2.58. The molecule has 172 valence electrons. The van der Waals surface area contributed by atoms with E-state index in [1.165, 1.54) is 0 Å². The first kappa shape index (κ1) is 25.9. The molecule has 0 aliphatic carbocycles. The van der Waals surface area contributed by atoms with Gasteiger partial charge in [-0.3, -0.25) is 4.79 Å². The molecule has 0 amide bonds. The lowest BCUT2D eigenvalue weighted by molar-refractivity contribution is -0.423. The summed E-state index contributed by atoms with van der Waals surface area (Å²) in [5.41, 5.74) is -0.433. The van der Waals surface area contributed by atoms with Gasteiger partial charge in [-0.25, -0.2) is 0 Å². The van der Waals surface area contributed by atoms with Crippen molar-refractivity contribution in [2.24, 2.45) is 0 Å². The summed E-state index contributed by atoms with van der Waals surface area (Å²) in [5.74, 6) is -29.3. The molecule has 0 bridgehead atoms. The lowest BCUT2D eigenvalue weighted by Crippen LogP contribution is -2.66. The van der Waals surface area contributed by atoms with Crippen molar-refractivity contribution in [3.63, 3.8) is 0 Å². The second kappa shape index (κ2) is 8.19. The molecule has 0 radical (unpaired) electrons. The monoisotopic (exact) mass is 462 g/mol.